The molecule has 1 atom stereocenters. The minimum Gasteiger partial charge on any atom is -0.480 e. The Morgan fingerprint density at radius 3 is 3.18 bits per heavy atom. The van der Waals surface area contributed by atoms with Gasteiger partial charge in [-0.3, -0.25) is 4.99 Å². The van der Waals surface area contributed by atoms with E-state index in [-0.39, 0.29) is 11.9 Å². The Hall–Kier alpha value is -1.58. The molecule has 0 saturated carbocycles. The Morgan fingerprint density at radius 1 is 1.65 bits per heavy atom. The van der Waals surface area contributed by atoms with Gasteiger partial charge in [-0.2, -0.15) is 0 Å². The van der Waals surface area contributed by atoms with E-state index >= 15 is 0 Å². The second kappa shape index (κ2) is 5.17. The van der Waals surface area contributed by atoms with Gasteiger partial charge in [0.05, 0.1) is 13.2 Å². The molecule has 91 valence electrons. The van der Waals surface area contributed by atoms with E-state index in [1.54, 1.807) is 6.07 Å². The number of halogens is 1. The molecule has 3 nitrogen and oxygen atoms in total. The summed E-state index contributed by atoms with van der Waals surface area (Å²) in [5, 5.41) is 0. The lowest BCUT2D eigenvalue weighted by molar-refractivity contribution is 0.305. The van der Waals surface area contributed by atoms with Crippen LogP contribution in [0.3, 0.4) is 0 Å². The van der Waals surface area contributed by atoms with Gasteiger partial charge < -0.3 is 9.64 Å². The van der Waals surface area contributed by atoms with Crippen LogP contribution >= 0.6 is 0 Å². The van der Waals surface area contributed by atoms with E-state index in [1.165, 1.54) is 12.1 Å². The molecular formula is C13H16FN2O. The Bertz CT molecular complexity index is 420. The van der Waals surface area contributed by atoms with Crippen molar-refractivity contribution in [3.8, 4) is 0 Å². The number of ether oxygens (including phenoxy) is 1. The highest BCUT2D eigenvalue weighted by Crippen LogP contribution is 2.20. The fraction of sp³-hybridized carbons (Fsp3) is 0.462. The predicted octanol–water partition coefficient (Wildman–Crippen LogP) is 2.27. The number of anilines is 1. The summed E-state index contributed by atoms with van der Waals surface area (Å²) in [5.41, 5.74) is 0.754. The zero-order chi connectivity index (χ0) is 12.3. The third-order valence-corrected chi connectivity index (χ3v) is 2.78. The minimum absolute atomic E-state index is 0.0294. The number of benzene rings is 1. The topological polar surface area (TPSA) is 24.8 Å². The molecule has 0 aliphatic carbocycles. The summed E-state index contributed by atoms with van der Waals surface area (Å²) in [6.07, 6.45) is 0. The minimum atomic E-state index is -0.244. The summed E-state index contributed by atoms with van der Waals surface area (Å²) < 4.78 is 18.7. The first kappa shape index (κ1) is 11.9. The zero-order valence-electron chi connectivity index (χ0n) is 10.1. The van der Waals surface area contributed by atoms with Gasteiger partial charge in [0.1, 0.15) is 11.9 Å². The molecule has 1 aromatic rings. The van der Waals surface area contributed by atoms with Crippen molar-refractivity contribution < 1.29 is 9.13 Å². The molecule has 1 aliphatic heterocycles. The van der Waals surface area contributed by atoms with Crippen molar-refractivity contribution in [2.45, 2.75) is 19.9 Å². The third-order valence-electron chi connectivity index (χ3n) is 2.78. The van der Waals surface area contributed by atoms with Gasteiger partial charge >= 0.3 is 0 Å². The molecule has 1 aliphatic rings. The maximum atomic E-state index is 13.2. The maximum Gasteiger partial charge on any atom is 0.206 e. The highest BCUT2D eigenvalue weighted by atomic mass is 19.1. The molecule has 0 saturated heterocycles. The van der Waals surface area contributed by atoms with Crippen LogP contribution in [0.1, 0.15) is 13.8 Å². The highest BCUT2D eigenvalue weighted by Gasteiger charge is 2.24. The molecule has 1 radical (unpaired) electrons. The first-order valence-corrected chi connectivity index (χ1v) is 5.83. The van der Waals surface area contributed by atoms with Gasteiger partial charge in [-0.25, -0.2) is 4.39 Å². The normalized spacial score (nSPS) is 20.1. The molecule has 0 amide bonds. The molecule has 0 bridgehead atoms. The van der Waals surface area contributed by atoms with Crippen LogP contribution in [-0.4, -0.2) is 31.6 Å². The molecule has 1 heterocycles. The summed E-state index contributed by atoms with van der Waals surface area (Å²) in [6, 6.07) is 7.57. The average Bonchev–Trinajstić information content (AvgIpc) is 2.32. The monoisotopic (exact) mass is 235 g/mol. The fourth-order valence-electron chi connectivity index (χ4n) is 1.96. The van der Waals surface area contributed by atoms with Gasteiger partial charge in [0.25, 0.3) is 0 Å². The largest absolute Gasteiger partial charge is 0.480 e. The Balaban J connectivity index is 2.20. The van der Waals surface area contributed by atoms with Crippen molar-refractivity contribution >= 4 is 11.6 Å². The fourth-order valence-corrected chi connectivity index (χ4v) is 1.96. The molecule has 0 spiro atoms. The van der Waals surface area contributed by atoms with Crippen molar-refractivity contribution in [1.82, 2.24) is 0 Å². The SMILES string of the molecule is CCOC1=NCCN(c2[c]ccc(F)c2)[C@@H]1C. The van der Waals surface area contributed by atoms with E-state index in [4.69, 9.17) is 4.74 Å². The van der Waals surface area contributed by atoms with Crippen LogP contribution in [0.25, 0.3) is 0 Å². The van der Waals surface area contributed by atoms with Gasteiger partial charge in [0.2, 0.25) is 5.90 Å². The van der Waals surface area contributed by atoms with E-state index in [9.17, 15) is 4.39 Å². The maximum absolute atomic E-state index is 13.2. The number of hydrogen-bond acceptors (Lipinski definition) is 3. The van der Waals surface area contributed by atoms with Crippen molar-refractivity contribution in [3.63, 3.8) is 0 Å². The molecule has 17 heavy (non-hydrogen) atoms. The number of nitrogens with zero attached hydrogens (tertiary/aromatic N) is 2. The van der Waals surface area contributed by atoms with Gasteiger partial charge in [-0.1, -0.05) is 0 Å². The quantitative estimate of drug-likeness (QED) is 0.785. The standard InChI is InChI=1S/C13H16FN2O/c1-3-17-13-10(2)16(8-7-15-13)12-6-4-5-11(14)9-12/h4-5,9-10H,3,7-8H2,1-2H3/t10-/m1/s1. The predicted molar refractivity (Wildman–Crippen MR) is 66.0 cm³/mol. The van der Waals surface area contributed by atoms with Crippen molar-refractivity contribution in [2.75, 3.05) is 24.6 Å². The molecule has 0 fully saturated rings. The lowest BCUT2D eigenvalue weighted by Gasteiger charge is -2.34. The second-order valence-corrected chi connectivity index (χ2v) is 3.91. The number of hydrogen-bond donors (Lipinski definition) is 0. The van der Waals surface area contributed by atoms with Gasteiger partial charge in [0, 0.05) is 18.3 Å². The van der Waals surface area contributed by atoms with Crippen molar-refractivity contribution in [1.29, 1.82) is 0 Å². The summed E-state index contributed by atoms with van der Waals surface area (Å²) in [6.45, 7) is 5.97. The lowest BCUT2D eigenvalue weighted by Crippen LogP contribution is -2.45. The number of rotatable bonds is 2. The molecular weight excluding hydrogens is 219 g/mol. The van der Waals surface area contributed by atoms with Crippen LogP contribution < -0.4 is 4.90 Å². The zero-order valence-corrected chi connectivity index (χ0v) is 10.1. The van der Waals surface area contributed by atoms with Crippen LogP contribution in [0.4, 0.5) is 10.1 Å². The van der Waals surface area contributed by atoms with E-state index in [0.29, 0.717) is 13.2 Å². The van der Waals surface area contributed by atoms with E-state index in [1.807, 2.05) is 13.8 Å². The van der Waals surface area contributed by atoms with Gasteiger partial charge in [0.15, 0.2) is 0 Å². The van der Waals surface area contributed by atoms with Crippen LogP contribution in [0.2, 0.25) is 0 Å². The highest BCUT2D eigenvalue weighted by molar-refractivity contribution is 5.85. The van der Waals surface area contributed by atoms with E-state index in [2.05, 4.69) is 16.0 Å². The summed E-state index contributed by atoms with van der Waals surface area (Å²) in [7, 11) is 0. The molecule has 1 aromatic carbocycles. The van der Waals surface area contributed by atoms with Crippen LogP contribution in [-0.2, 0) is 4.74 Å². The Morgan fingerprint density at radius 2 is 2.47 bits per heavy atom. The van der Waals surface area contributed by atoms with E-state index in [0.717, 1.165) is 18.1 Å². The smallest absolute Gasteiger partial charge is 0.206 e. The molecule has 0 aromatic heterocycles. The summed E-state index contributed by atoms with van der Waals surface area (Å²) >= 11 is 0. The van der Waals surface area contributed by atoms with E-state index < -0.39 is 0 Å². The summed E-state index contributed by atoms with van der Waals surface area (Å²) in [5.74, 6) is 0.475. The average molecular weight is 235 g/mol. The summed E-state index contributed by atoms with van der Waals surface area (Å²) in [4.78, 5) is 6.40. The lowest BCUT2D eigenvalue weighted by atomic mass is 10.2. The van der Waals surface area contributed by atoms with Crippen LogP contribution in [0.5, 0.6) is 0 Å². The van der Waals surface area contributed by atoms with Gasteiger partial charge in [-0.15, -0.1) is 0 Å². The molecule has 0 unspecified atom stereocenters. The Kier molecular flexibility index (Phi) is 3.61. The number of aliphatic imine (C=N–C) groups is 1. The van der Waals surface area contributed by atoms with Gasteiger partial charge in [-0.05, 0) is 32.0 Å². The molecule has 2 rings (SSSR count). The second-order valence-electron chi connectivity index (χ2n) is 3.91. The van der Waals surface area contributed by atoms with Crippen molar-refractivity contribution in [3.05, 3.63) is 30.1 Å². The first-order valence-electron chi connectivity index (χ1n) is 5.83. The molecule has 4 heteroatoms. The van der Waals surface area contributed by atoms with Crippen molar-refractivity contribution in [2.24, 2.45) is 4.99 Å². The van der Waals surface area contributed by atoms with Crippen LogP contribution in [0.15, 0.2) is 23.2 Å². The third kappa shape index (κ3) is 2.57. The first-order chi connectivity index (χ1) is 8.22. The molecule has 0 N–H and O–H groups in total. The Labute approximate surface area is 101 Å². The van der Waals surface area contributed by atoms with Crippen LogP contribution in [0, 0.1) is 11.9 Å².